The van der Waals surface area contributed by atoms with E-state index >= 15 is 0 Å². The molecule has 0 aliphatic heterocycles. The van der Waals surface area contributed by atoms with Crippen molar-refractivity contribution in [2.45, 2.75) is 32.4 Å². The van der Waals surface area contributed by atoms with Gasteiger partial charge in [-0.3, -0.25) is 0 Å². The van der Waals surface area contributed by atoms with Crippen molar-refractivity contribution in [3.8, 4) is 0 Å². The van der Waals surface area contributed by atoms with Crippen LogP contribution in [0.15, 0.2) is 22.7 Å². The molecular weight excluding hydrogens is 273 g/mol. The van der Waals surface area contributed by atoms with Gasteiger partial charge >= 0.3 is 0 Å². The topological polar surface area (TPSA) is 35.2 Å². The summed E-state index contributed by atoms with van der Waals surface area (Å²) >= 11 is 3.15. The van der Waals surface area contributed by atoms with E-state index in [2.05, 4.69) is 15.9 Å². The van der Waals surface area contributed by atoms with Crippen LogP contribution in [-0.2, 0) is 11.2 Å². The fraction of sp³-hybridized carbons (Fsp3) is 0.500. The normalized spacial score (nSPS) is 13.1. The lowest BCUT2D eigenvalue weighted by Crippen LogP contribution is -2.30. The summed E-state index contributed by atoms with van der Waals surface area (Å²) < 4.78 is 18.9. The van der Waals surface area contributed by atoms with Gasteiger partial charge in [0, 0.05) is 6.04 Å². The lowest BCUT2D eigenvalue weighted by Gasteiger charge is -2.14. The molecule has 16 heavy (non-hydrogen) atoms. The van der Waals surface area contributed by atoms with E-state index in [1.807, 2.05) is 13.8 Å². The standard InChI is InChI=1S/C12H17BrFNO/c1-8(2)16-7-10(15)5-9-3-4-12(14)11(13)6-9/h3-4,6,8,10H,5,7,15H2,1-2H3. The molecule has 2 N–H and O–H groups in total. The maximum absolute atomic E-state index is 13.0. The highest BCUT2D eigenvalue weighted by atomic mass is 79.9. The molecule has 1 aromatic carbocycles. The number of rotatable bonds is 5. The highest BCUT2D eigenvalue weighted by molar-refractivity contribution is 9.10. The van der Waals surface area contributed by atoms with Gasteiger partial charge in [-0.15, -0.1) is 0 Å². The van der Waals surface area contributed by atoms with Crippen LogP contribution in [0, 0.1) is 5.82 Å². The average Bonchev–Trinajstić information content (AvgIpc) is 2.21. The zero-order valence-corrected chi connectivity index (χ0v) is 11.1. The van der Waals surface area contributed by atoms with Crippen LogP contribution < -0.4 is 5.73 Å². The van der Waals surface area contributed by atoms with Crippen LogP contribution in [0.25, 0.3) is 0 Å². The SMILES string of the molecule is CC(C)OCC(N)Cc1ccc(F)c(Br)c1. The second-order valence-electron chi connectivity index (χ2n) is 4.09. The van der Waals surface area contributed by atoms with Gasteiger partial charge in [0.25, 0.3) is 0 Å². The Morgan fingerprint density at radius 1 is 1.44 bits per heavy atom. The third kappa shape index (κ3) is 4.60. The molecule has 0 fully saturated rings. The molecule has 4 heteroatoms. The zero-order chi connectivity index (χ0) is 12.1. The van der Waals surface area contributed by atoms with Gasteiger partial charge in [-0.25, -0.2) is 4.39 Å². The zero-order valence-electron chi connectivity index (χ0n) is 9.54. The number of halogens is 2. The quantitative estimate of drug-likeness (QED) is 0.905. The second kappa shape index (κ2) is 6.33. The summed E-state index contributed by atoms with van der Waals surface area (Å²) in [6, 6.07) is 4.88. The van der Waals surface area contributed by atoms with Crippen molar-refractivity contribution >= 4 is 15.9 Å². The number of benzene rings is 1. The Labute approximate surface area is 104 Å². The molecule has 0 aliphatic rings. The first-order chi connectivity index (χ1) is 7.49. The van der Waals surface area contributed by atoms with E-state index < -0.39 is 0 Å². The van der Waals surface area contributed by atoms with Crippen molar-refractivity contribution in [2.75, 3.05) is 6.61 Å². The molecule has 0 saturated heterocycles. The maximum atomic E-state index is 13.0. The summed E-state index contributed by atoms with van der Waals surface area (Å²) in [7, 11) is 0. The van der Waals surface area contributed by atoms with E-state index in [0.717, 1.165) is 5.56 Å². The van der Waals surface area contributed by atoms with Crippen LogP contribution in [0.5, 0.6) is 0 Å². The van der Waals surface area contributed by atoms with Crippen LogP contribution in [0.3, 0.4) is 0 Å². The first-order valence-electron chi connectivity index (χ1n) is 5.30. The minimum Gasteiger partial charge on any atom is -0.377 e. The maximum Gasteiger partial charge on any atom is 0.137 e. The van der Waals surface area contributed by atoms with Gasteiger partial charge in [0.05, 0.1) is 17.2 Å². The summed E-state index contributed by atoms with van der Waals surface area (Å²) in [5, 5.41) is 0. The van der Waals surface area contributed by atoms with E-state index in [0.29, 0.717) is 17.5 Å². The second-order valence-corrected chi connectivity index (χ2v) is 4.95. The average molecular weight is 290 g/mol. The van der Waals surface area contributed by atoms with E-state index in [1.54, 1.807) is 12.1 Å². The van der Waals surface area contributed by atoms with Crippen LogP contribution >= 0.6 is 15.9 Å². The molecule has 1 atom stereocenters. The Hall–Kier alpha value is -0.450. The van der Waals surface area contributed by atoms with Gasteiger partial charge in [0.2, 0.25) is 0 Å². The fourth-order valence-corrected chi connectivity index (χ4v) is 1.77. The van der Waals surface area contributed by atoms with Crippen molar-refractivity contribution in [2.24, 2.45) is 5.73 Å². The molecule has 0 radical (unpaired) electrons. The molecule has 1 unspecified atom stereocenters. The van der Waals surface area contributed by atoms with Crippen molar-refractivity contribution in [1.29, 1.82) is 0 Å². The van der Waals surface area contributed by atoms with Gasteiger partial charge in [-0.1, -0.05) is 6.07 Å². The summed E-state index contributed by atoms with van der Waals surface area (Å²) in [5.41, 5.74) is 6.92. The van der Waals surface area contributed by atoms with Gasteiger partial charge in [-0.2, -0.15) is 0 Å². The number of ether oxygens (including phenoxy) is 1. The van der Waals surface area contributed by atoms with Gasteiger partial charge < -0.3 is 10.5 Å². The smallest absolute Gasteiger partial charge is 0.137 e. The predicted molar refractivity (Wildman–Crippen MR) is 66.9 cm³/mol. The third-order valence-corrected chi connectivity index (χ3v) is 2.73. The Morgan fingerprint density at radius 2 is 2.12 bits per heavy atom. The molecule has 1 rings (SSSR count). The molecule has 0 aromatic heterocycles. The van der Waals surface area contributed by atoms with Crippen LogP contribution in [0.4, 0.5) is 4.39 Å². The van der Waals surface area contributed by atoms with Gasteiger partial charge in [-0.05, 0) is 53.9 Å². The van der Waals surface area contributed by atoms with Gasteiger partial charge in [0.1, 0.15) is 5.82 Å². The number of hydrogen-bond donors (Lipinski definition) is 1. The highest BCUT2D eigenvalue weighted by Gasteiger charge is 2.07. The van der Waals surface area contributed by atoms with Crippen molar-refractivity contribution in [3.63, 3.8) is 0 Å². The molecule has 0 heterocycles. The number of nitrogens with two attached hydrogens (primary N) is 1. The monoisotopic (exact) mass is 289 g/mol. The van der Waals surface area contributed by atoms with Crippen molar-refractivity contribution in [1.82, 2.24) is 0 Å². The Kier molecular flexibility index (Phi) is 5.38. The summed E-state index contributed by atoms with van der Waals surface area (Å²) in [6.45, 7) is 4.47. The van der Waals surface area contributed by atoms with Crippen molar-refractivity contribution in [3.05, 3.63) is 34.1 Å². The van der Waals surface area contributed by atoms with Crippen molar-refractivity contribution < 1.29 is 9.13 Å². The molecule has 0 saturated carbocycles. The minimum atomic E-state index is -0.254. The Bertz CT molecular complexity index is 344. The van der Waals surface area contributed by atoms with Crippen LogP contribution in [0.1, 0.15) is 19.4 Å². The van der Waals surface area contributed by atoms with E-state index in [1.165, 1.54) is 6.07 Å². The lowest BCUT2D eigenvalue weighted by atomic mass is 10.1. The number of hydrogen-bond acceptors (Lipinski definition) is 2. The Balaban J connectivity index is 2.49. The van der Waals surface area contributed by atoms with Crippen LogP contribution in [-0.4, -0.2) is 18.8 Å². The minimum absolute atomic E-state index is 0.0558. The first-order valence-corrected chi connectivity index (χ1v) is 6.09. The molecule has 0 aliphatic carbocycles. The van der Waals surface area contributed by atoms with E-state index in [-0.39, 0.29) is 18.0 Å². The third-order valence-electron chi connectivity index (χ3n) is 2.13. The molecular formula is C12H17BrFNO. The molecule has 0 amide bonds. The molecule has 90 valence electrons. The molecule has 0 spiro atoms. The summed E-state index contributed by atoms with van der Waals surface area (Å²) in [5.74, 6) is -0.254. The Morgan fingerprint density at radius 3 is 2.69 bits per heavy atom. The van der Waals surface area contributed by atoms with E-state index in [4.69, 9.17) is 10.5 Å². The van der Waals surface area contributed by atoms with Crippen LogP contribution in [0.2, 0.25) is 0 Å². The summed E-state index contributed by atoms with van der Waals surface area (Å²) in [6.07, 6.45) is 0.872. The van der Waals surface area contributed by atoms with Gasteiger partial charge in [0.15, 0.2) is 0 Å². The molecule has 1 aromatic rings. The van der Waals surface area contributed by atoms with E-state index in [9.17, 15) is 4.39 Å². The first kappa shape index (κ1) is 13.6. The molecule has 2 nitrogen and oxygen atoms in total. The molecule has 0 bridgehead atoms. The highest BCUT2D eigenvalue weighted by Crippen LogP contribution is 2.17. The predicted octanol–water partition coefficient (Wildman–Crippen LogP) is 2.88. The largest absolute Gasteiger partial charge is 0.377 e. The summed E-state index contributed by atoms with van der Waals surface area (Å²) in [4.78, 5) is 0. The lowest BCUT2D eigenvalue weighted by molar-refractivity contribution is 0.0684. The fourth-order valence-electron chi connectivity index (χ4n) is 1.34.